The third-order valence-corrected chi connectivity index (χ3v) is 4.38. The molecular weight excluding hydrogens is 316 g/mol. The number of aryl methyl sites for hydroxylation is 1. The van der Waals surface area contributed by atoms with Gasteiger partial charge < -0.3 is 14.5 Å². The summed E-state index contributed by atoms with van der Waals surface area (Å²) >= 11 is 0. The minimum Gasteiger partial charge on any atom is -0.491 e. The summed E-state index contributed by atoms with van der Waals surface area (Å²) in [6.07, 6.45) is 2.39. The van der Waals surface area contributed by atoms with Gasteiger partial charge in [-0.05, 0) is 57.4 Å². The Hall–Kier alpha value is -2.04. The van der Waals surface area contributed by atoms with Gasteiger partial charge in [-0.1, -0.05) is 6.92 Å². The van der Waals surface area contributed by atoms with Crippen molar-refractivity contribution in [1.29, 1.82) is 0 Å². The Kier molecular flexibility index (Phi) is 6.85. The van der Waals surface area contributed by atoms with Crippen molar-refractivity contribution < 1.29 is 14.3 Å². The van der Waals surface area contributed by atoms with E-state index in [2.05, 4.69) is 0 Å². The summed E-state index contributed by atoms with van der Waals surface area (Å²) in [5.41, 5.74) is 1.65. The molecule has 25 heavy (non-hydrogen) atoms. The van der Waals surface area contributed by atoms with Gasteiger partial charge in [0.1, 0.15) is 5.75 Å². The highest BCUT2D eigenvalue weighted by molar-refractivity contribution is 5.94. The first kappa shape index (κ1) is 19.3. The Morgan fingerprint density at radius 2 is 1.80 bits per heavy atom. The molecule has 2 amide bonds. The lowest BCUT2D eigenvalue weighted by molar-refractivity contribution is -0.131. The Balaban J connectivity index is 2.03. The first-order valence-electron chi connectivity index (χ1n) is 9.26. The van der Waals surface area contributed by atoms with E-state index in [0.29, 0.717) is 31.6 Å². The third-order valence-electron chi connectivity index (χ3n) is 4.38. The van der Waals surface area contributed by atoms with Gasteiger partial charge in [0.2, 0.25) is 5.91 Å². The second-order valence-electron chi connectivity index (χ2n) is 6.92. The molecule has 0 bridgehead atoms. The van der Waals surface area contributed by atoms with Gasteiger partial charge in [-0.25, -0.2) is 0 Å². The molecule has 0 radical (unpaired) electrons. The largest absolute Gasteiger partial charge is 0.491 e. The molecule has 0 aromatic heterocycles. The van der Waals surface area contributed by atoms with Gasteiger partial charge >= 0.3 is 0 Å². The summed E-state index contributed by atoms with van der Waals surface area (Å²) in [4.78, 5) is 28.6. The average Bonchev–Trinajstić information content (AvgIpc) is 2.82. The van der Waals surface area contributed by atoms with Crippen molar-refractivity contribution in [1.82, 2.24) is 9.80 Å². The van der Waals surface area contributed by atoms with E-state index in [4.69, 9.17) is 4.74 Å². The molecule has 5 nitrogen and oxygen atoms in total. The monoisotopic (exact) mass is 346 g/mol. The Morgan fingerprint density at radius 3 is 2.44 bits per heavy atom. The first-order valence-corrected chi connectivity index (χ1v) is 9.26. The normalized spacial score (nSPS) is 15.2. The van der Waals surface area contributed by atoms with Crippen LogP contribution in [0.4, 0.5) is 0 Å². The number of rotatable bonds is 5. The molecule has 1 aromatic carbocycles. The van der Waals surface area contributed by atoms with Crippen LogP contribution in [0.5, 0.6) is 5.75 Å². The number of benzene rings is 1. The number of carbonyl (C=O) groups excluding carboxylic acids is 2. The third kappa shape index (κ3) is 5.21. The van der Waals surface area contributed by atoms with E-state index < -0.39 is 0 Å². The number of nitrogens with zero attached hydrogens (tertiary/aromatic N) is 2. The number of hydrogen-bond acceptors (Lipinski definition) is 3. The van der Waals surface area contributed by atoms with Crippen molar-refractivity contribution >= 4 is 11.8 Å². The second-order valence-corrected chi connectivity index (χ2v) is 6.92. The van der Waals surface area contributed by atoms with Crippen LogP contribution in [0.15, 0.2) is 18.2 Å². The molecule has 1 aromatic rings. The second kappa shape index (κ2) is 8.88. The highest BCUT2D eigenvalue weighted by atomic mass is 16.5. The minimum absolute atomic E-state index is 0.0315. The van der Waals surface area contributed by atoms with E-state index in [1.807, 2.05) is 55.7 Å². The van der Waals surface area contributed by atoms with Crippen LogP contribution < -0.4 is 4.74 Å². The molecule has 0 N–H and O–H groups in total. The molecule has 0 spiro atoms. The van der Waals surface area contributed by atoms with E-state index in [1.165, 1.54) is 0 Å². The lowest BCUT2D eigenvalue weighted by atomic mass is 10.1. The minimum atomic E-state index is 0.0315. The van der Waals surface area contributed by atoms with E-state index in [0.717, 1.165) is 30.7 Å². The molecule has 1 heterocycles. The highest BCUT2D eigenvalue weighted by Crippen LogP contribution is 2.21. The smallest absolute Gasteiger partial charge is 0.253 e. The van der Waals surface area contributed by atoms with Gasteiger partial charge in [0, 0.05) is 38.2 Å². The van der Waals surface area contributed by atoms with Crippen LogP contribution in [0.3, 0.4) is 0 Å². The van der Waals surface area contributed by atoms with Gasteiger partial charge in [0.25, 0.3) is 5.91 Å². The van der Waals surface area contributed by atoms with Crippen molar-refractivity contribution in [2.75, 3.05) is 26.2 Å². The molecule has 1 fully saturated rings. The maximum absolute atomic E-state index is 12.8. The van der Waals surface area contributed by atoms with Crippen LogP contribution >= 0.6 is 0 Å². The van der Waals surface area contributed by atoms with Crippen molar-refractivity contribution in [3.05, 3.63) is 29.3 Å². The molecule has 0 aliphatic carbocycles. The maximum atomic E-state index is 12.8. The lowest BCUT2D eigenvalue weighted by Crippen LogP contribution is -2.37. The Morgan fingerprint density at radius 1 is 1.12 bits per heavy atom. The molecule has 5 heteroatoms. The molecule has 0 saturated carbocycles. The lowest BCUT2D eigenvalue weighted by Gasteiger charge is -2.22. The summed E-state index contributed by atoms with van der Waals surface area (Å²) in [7, 11) is 0. The van der Waals surface area contributed by atoms with Crippen molar-refractivity contribution in [2.45, 2.75) is 53.1 Å². The predicted molar refractivity (Wildman–Crippen MR) is 99.0 cm³/mol. The quantitative estimate of drug-likeness (QED) is 0.822. The van der Waals surface area contributed by atoms with Crippen molar-refractivity contribution in [2.24, 2.45) is 0 Å². The number of amides is 2. The molecule has 138 valence electrons. The van der Waals surface area contributed by atoms with E-state index in [1.54, 1.807) is 0 Å². The van der Waals surface area contributed by atoms with E-state index in [-0.39, 0.29) is 17.9 Å². The summed E-state index contributed by atoms with van der Waals surface area (Å²) in [5.74, 6) is 1.05. The average molecular weight is 346 g/mol. The number of ether oxygens (including phenoxy) is 1. The first-order chi connectivity index (χ1) is 11.9. The molecule has 0 atom stereocenters. The summed E-state index contributed by atoms with van der Waals surface area (Å²) in [6, 6.07) is 5.60. The fourth-order valence-electron chi connectivity index (χ4n) is 3.09. The zero-order valence-corrected chi connectivity index (χ0v) is 15.9. The summed E-state index contributed by atoms with van der Waals surface area (Å²) in [6.45, 7) is 10.6. The van der Waals surface area contributed by atoms with Crippen LogP contribution in [-0.4, -0.2) is 53.9 Å². The molecule has 2 rings (SSSR count). The van der Waals surface area contributed by atoms with Crippen LogP contribution in [0.2, 0.25) is 0 Å². The number of hydrogen-bond donors (Lipinski definition) is 0. The highest BCUT2D eigenvalue weighted by Gasteiger charge is 2.22. The molecule has 0 unspecified atom stereocenters. The van der Waals surface area contributed by atoms with Gasteiger partial charge in [0.15, 0.2) is 0 Å². The molecule has 1 saturated heterocycles. The Labute approximate surface area is 150 Å². The van der Waals surface area contributed by atoms with Crippen LogP contribution in [0, 0.1) is 6.92 Å². The zero-order valence-electron chi connectivity index (χ0n) is 15.9. The van der Waals surface area contributed by atoms with E-state index in [9.17, 15) is 9.59 Å². The Bertz CT molecular complexity index is 613. The standard InChI is InChI=1S/C20H30N2O3/c1-5-7-19(23)21-10-6-11-22(13-12-21)20(24)17-8-9-18(16(4)14-17)25-15(2)3/h8-9,14-15H,5-7,10-13H2,1-4H3. The van der Waals surface area contributed by atoms with Gasteiger partial charge in [0.05, 0.1) is 6.10 Å². The van der Waals surface area contributed by atoms with Gasteiger partial charge in [-0.3, -0.25) is 9.59 Å². The van der Waals surface area contributed by atoms with Crippen LogP contribution in [0.25, 0.3) is 0 Å². The molecule has 1 aliphatic rings. The maximum Gasteiger partial charge on any atom is 0.253 e. The fourth-order valence-corrected chi connectivity index (χ4v) is 3.09. The molecule has 1 aliphatic heterocycles. The van der Waals surface area contributed by atoms with Crippen LogP contribution in [-0.2, 0) is 4.79 Å². The predicted octanol–water partition coefficient (Wildman–Crippen LogP) is 3.26. The SMILES string of the molecule is CCCC(=O)N1CCCN(C(=O)c2ccc(OC(C)C)c(C)c2)CC1. The van der Waals surface area contributed by atoms with Gasteiger partial charge in [-0.15, -0.1) is 0 Å². The summed E-state index contributed by atoms with van der Waals surface area (Å²) < 4.78 is 5.74. The summed E-state index contributed by atoms with van der Waals surface area (Å²) in [5, 5.41) is 0. The topological polar surface area (TPSA) is 49.9 Å². The van der Waals surface area contributed by atoms with Crippen molar-refractivity contribution in [3.8, 4) is 5.75 Å². The van der Waals surface area contributed by atoms with E-state index >= 15 is 0 Å². The van der Waals surface area contributed by atoms with Crippen molar-refractivity contribution in [3.63, 3.8) is 0 Å². The fraction of sp³-hybridized carbons (Fsp3) is 0.600. The number of carbonyl (C=O) groups is 2. The van der Waals surface area contributed by atoms with Gasteiger partial charge in [-0.2, -0.15) is 0 Å². The van der Waals surface area contributed by atoms with Crippen LogP contribution in [0.1, 0.15) is 56.0 Å². The molecular formula is C20H30N2O3. The zero-order chi connectivity index (χ0) is 18.4.